The summed E-state index contributed by atoms with van der Waals surface area (Å²) in [6.45, 7) is 4.44. The summed E-state index contributed by atoms with van der Waals surface area (Å²) < 4.78 is 30.3. The van der Waals surface area contributed by atoms with Crippen LogP contribution in [0, 0.1) is 5.82 Å². The monoisotopic (exact) mass is 417 g/mol. The maximum absolute atomic E-state index is 14.0. The van der Waals surface area contributed by atoms with E-state index in [0.29, 0.717) is 17.9 Å². The molecule has 8 heteroatoms. The number of ether oxygens (including phenoxy) is 3. The average Bonchev–Trinajstić information content (AvgIpc) is 3.05. The van der Waals surface area contributed by atoms with Gasteiger partial charge in [-0.25, -0.2) is 9.18 Å². The molecule has 0 fully saturated rings. The molecule has 0 aliphatic carbocycles. The summed E-state index contributed by atoms with van der Waals surface area (Å²) >= 11 is 3.16. The highest BCUT2D eigenvalue weighted by atomic mass is 79.9. The molecule has 1 heterocycles. The van der Waals surface area contributed by atoms with Crippen molar-refractivity contribution in [2.24, 2.45) is 5.16 Å². The zero-order chi connectivity index (χ0) is 18.4. The Balaban J connectivity index is 2.29. The Morgan fingerprint density at radius 2 is 2.28 bits per heavy atom. The van der Waals surface area contributed by atoms with Crippen LogP contribution in [0.3, 0.4) is 0 Å². The quantitative estimate of drug-likeness (QED) is 0.478. The number of nitrogens with zero attached hydrogens (tertiary/aromatic N) is 1. The van der Waals surface area contributed by atoms with E-state index in [4.69, 9.17) is 14.3 Å². The third-order valence-corrected chi connectivity index (χ3v) is 4.25. The van der Waals surface area contributed by atoms with Gasteiger partial charge in [0.05, 0.1) is 11.6 Å². The van der Waals surface area contributed by atoms with E-state index in [1.54, 1.807) is 6.07 Å². The first-order valence-corrected chi connectivity index (χ1v) is 8.82. The predicted octanol–water partition coefficient (Wildman–Crippen LogP) is 3.45. The van der Waals surface area contributed by atoms with Gasteiger partial charge in [0.2, 0.25) is 0 Å². The molecule has 6 nitrogen and oxygen atoms in total. The lowest BCUT2D eigenvalue weighted by atomic mass is 10.0. The normalized spacial score (nSPS) is 17.6. The lowest BCUT2D eigenvalue weighted by Crippen LogP contribution is -2.28. The first kappa shape index (κ1) is 19.7. The molecule has 1 aliphatic rings. The molecule has 0 amide bonds. The topological polar surface area (TPSA) is 66.3 Å². The molecule has 0 bridgehead atoms. The van der Waals surface area contributed by atoms with Crippen LogP contribution in [0.5, 0.6) is 5.75 Å². The molecule has 0 spiro atoms. The van der Waals surface area contributed by atoms with Gasteiger partial charge in [0.1, 0.15) is 30.0 Å². The van der Waals surface area contributed by atoms with Crippen molar-refractivity contribution in [1.82, 2.24) is 0 Å². The summed E-state index contributed by atoms with van der Waals surface area (Å²) in [5.41, 5.74) is 1.01. The standard InChI is InChI=1S/C17H21BrFNO5/c1-4-5-6-23-15-9-24-20-16(15)11-7-12(18)13(19)8-14(11)25-10(2)17(21)22-3/h7-8,10,15H,4-6,9H2,1-3H3. The van der Waals surface area contributed by atoms with Crippen LogP contribution in [0.15, 0.2) is 21.8 Å². The van der Waals surface area contributed by atoms with Crippen molar-refractivity contribution < 1.29 is 28.2 Å². The summed E-state index contributed by atoms with van der Waals surface area (Å²) in [6.07, 6.45) is 0.652. The van der Waals surface area contributed by atoms with Crippen LogP contribution in [-0.4, -0.2) is 44.2 Å². The molecule has 0 aromatic heterocycles. The van der Waals surface area contributed by atoms with Gasteiger partial charge >= 0.3 is 5.97 Å². The molecular formula is C17H21BrFNO5. The summed E-state index contributed by atoms with van der Waals surface area (Å²) in [6, 6.07) is 2.74. The van der Waals surface area contributed by atoms with Crippen molar-refractivity contribution in [3.63, 3.8) is 0 Å². The molecule has 0 N–H and O–H groups in total. The zero-order valence-electron chi connectivity index (χ0n) is 14.4. The minimum absolute atomic E-state index is 0.173. The van der Waals surface area contributed by atoms with Crippen molar-refractivity contribution in [2.45, 2.75) is 38.9 Å². The van der Waals surface area contributed by atoms with E-state index in [2.05, 4.69) is 32.7 Å². The summed E-state index contributed by atoms with van der Waals surface area (Å²) in [5, 5.41) is 4.02. The van der Waals surface area contributed by atoms with Gasteiger partial charge in [-0.05, 0) is 35.3 Å². The number of halogens is 2. The average molecular weight is 418 g/mol. The van der Waals surface area contributed by atoms with E-state index in [0.717, 1.165) is 12.8 Å². The van der Waals surface area contributed by atoms with E-state index >= 15 is 0 Å². The number of methoxy groups -OCH3 is 1. The van der Waals surface area contributed by atoms with Crippen molar-refractivity contribution in [2.75, 3.05) is 20.3 Å². The van der Waals surface area contributed by atoms with E-state index in [1.165, 1.54) is 20.1 Å². The Bertz CT molecular complexity index is 652. The Hall–Kier alpha value is -1.67. The number of benzene rings is 1. The summed E-state index contributed by atoms with van der Waals surface area (Å²) in [7, 11) is 1.26. The molecule has 1 aromatic rings. The third-order valence-electron chi connectivity index (χ3n) is 3.65. The fourth-order valence-electron chi connectivity index (χ4n) is 2.26. The molecule has 2 atom stereocenters. The van der Waals surface area contributed by atoms with Gasteiger partial charge in [-0.3, -0.25) is 0 Å². The Morgan fingerprint density at radius 3 is 2.96 bits per heavy atom. The van der Waals surface area contributed by atoms with Crippen LogP contribution in [0.4, 0.5) is 4.39 Å². The zero-order valence-corrected chi connectivity index (χ0v) is 16.0. The molecule has 2 unspecified atom stereocenters. The summed E-state index contributed by atoms with van der Waals surface area (Å²) in [5.74, 6) is -0.902. The minimum Gasteiger partial charge on any atom is -0.478 e. The van der Waals surface area contributed by atoms with E-state index < -0.39 is 17.9 Å². The molecule has 0 saturated carbocycles. The maximum Gasteiger partial charge on any atom is 0.346 e. The van der Waals surface area contributed by atoms with Gasteiger partial charge in [-0.15, -0.1) is 0 Å². The van der Waals surface area contributed by atoms with Gasteiger partial charge < -0.3 is 19.0 Å². The minimum atomic E-state index is -0.897. The van der Waals surface area contributed by atoms with Crippen LogP contribution in [-0.2, 0) is 19.1 Å². The first-order valence-electron chi connectivity index (χ1n) is 8.03. The predicted molar refractivity (Wildman–Crippen MR) is 93.3 cm³/mol. The van der Waals surface area contributed by atoms with Crippen LogP contribution in [0.2, 0.25) is 0 Å². The second-order valence-electron chi connectivity index (χ2n) is 5.53. The molecule has 0 saturated heterocycles. The second-order valence-corrected chi connectivity index (χ2v) is 6.39. The fraction of sp³-hybridized carbons (Fsp3) is 0.529. The van der Waals surface area contributed by atoms with Crippen LogP contribution in [0.1, 0.15) is 32.3 Å². The van der Waals surface area contributed by atoms with Crippen molar-refractivity contribution in [1.29, 1.82) is 0 Å². The number of oxime groups is 1. The molecule has 1 aliphatic heterocycles. The van der Waals surface area contributed by atoms with E-state index in [1.807, 2.05) is 0 Å². The number of carbonyl (C=O) groups excluding carboxylic acids is 1. The number of rotatable bonds is 8. The highest BCUT2D eigenvalue weighted by Crippen LogP contribution is 2.30. The van der Waals surface area contributed by atoms with Gasteiger partial charge in [0.15, 0.2) is 6.10 Å². The van der Waals surface area contributed by atoms with E-state index in [9.17, 15) is 9.18 Å². The lowest BCUT2D eigenvalue weighted by Gasteiger charge is -2.18. The third kappa shape index (κ3) is 4.92. The molecule has 2 rings (SSSR count). The number of carbonyl (C=O) groups is 1. The van der Waals surface area contributed by atoms with Gasteiger partial charge in [0, 0.05) is 18.2 Å². The number of unbranched alkanes of at least 4 members (excludes halogenated alkanes) is 1. The largest absolute Gasteiger partial charge is 0.478 e. The Labute approximate surface area is 154 Å². The molecule has 1 aromatic carbocycles. The van der Waals surface area contributed by atoms with Crippen molar-refractivity contribution >= 4 is 27.6 Å². The molecular weight excluding hydrogens is 397 g/mol. The molecule has 0 radical (unpaired) electrons. The first-order chi connectivity index (χ1) is 12.0. The second kappa shape index (κ2) is 9.15. The van der Waals surface area contributed by atoms with Crippen LogP contribution >= 0.6 is 15.9 Å². The van der Waals surface area contributed by atoms with Crippen LogP contribution < -0.4 is 4.74 Å². The maximum atomic E-state index is 14.0. The summed E-state index contributed by atoms with van der Waals surface area (Å²) in [4.78, 5) is 16.8. The number of hydrogen-bond donors (Lipinski definition) is 0. The SMILES string of the molecule is CCCCOC1CON=C1c1cc(Br)c(F)cc1OC(C)C(=O)OC. The number of esters is 1. The van der Waals surface area contributed by atoms with Crippen molar-refractivity contribution in [3.05, 3.63) is 28.0 Å². The van der Waals surface area contributed by atoms with Crippen molar-refractivity contribution in [3.8, 4) is 5.75 Å². The highest BCUT2D eigenvalue weighted by Gasteiger charge is 2.30. The van der Waals surface area contributed by atoms with E-state index in [-0.39, 0.29) is 22.9 Å². The Morgan fingerprint density at radius 1 is 1.52 bits per heavy atom. The van der Waals surface area contributed by atoms with Gasteiger partial charge in [-0.1, -0.05) is 18.5 Å². The number of hydrogen-bond acceptors (Lipinski definition) is 6. The van der Waals surface area contributed by atoms with Gasteiger partial charge in [0.25, 0.3) is 0 Å². The molecule has 25 heavy (non-hydrogen) atoms. The smallest absolute Gasteiger partial charge is 0.346 e. The lowest BCUT2D eigenvalue weighted by molar-refractivity contribution is -0.147. The van der Waals surface area contributed by atoms with Crippen LogP contribution in [0.25, 0.3) is 0 Å². The highest BCUT2D eigenvalue weighted by molar-refractivity contribution is 9.10. The fourth-order valence-corrected chi connectivity index (χ4v) is 2.61. The Kier molecular flexibility index (Phi) is 7.19. The van der Waals surface area contributed by atoms with Gasteiger partial charge in [-0.2, -0.15) is 0 Å². The molecule has 138 valence electrons.